The fourth-order valence-corrected chi connectivity index (χ4v) is 1.66. The molecule has 4 N–H and O–H groups in total. The molecule has 0 amide bonds. The third-order valence-electron chi connectivity index (χ3n) is 3.07. The fourth-order valence-electron chi connectivity index (χ4n) is 1.66. The molecule has 0 aliphatic heterocycles. The summed E-state index contributed by atoms with van der Waals surface area (Å²) in [6.45, 7) is 3.55. The Hall–Kier alpha value is -3.47. The standard InChI is InChI=1S/C10H5N3O5.C5H11NO2/c14-10(15)6-5(7-11-1-3-16-7)13-9(18-6)8-12-2-4-17-8;1-3(2)4(6)5(7)8/h1-4H,(H,14,15);3-4H,6H2,1-2H3,(H,7,8)/t;4-/m.0/s1. The molecule has 0 fully saturated rings. The first-order valence-electron chi connectivity index (χ1n) is 7.33. The van der Waals surface area contributed by atoms with Crippen LogP contribution in [0.25, 0.3) is 23.4 Å². The zero-order valence-corrected chi connectivity index (χ0v) is 13.8. The van der Waals surface area contributed by atoms with Gasteiger partial charge in [-0.25, -0.2) is 14.8 Å². The predicted molar refractivity (Wildman–Crippen MR) is 84.9 cm³/mol. The second kappa shape index (κ2) is 8.07. The van der Waals surface area contributed by atoms with Crippen molar-refractivity contribution in [3.63, 3.8) is 0 Å². The molecule has 0 aliphatic rings. The summed E-state index contributed by atoms with van der Waals surface area (Å²) in [6, 6.07) is -0.713. The van der Waals surface area contributed by atoms with E-state index in [2.05, 4.69) is 15.0 Å². The molecular formula is C15H16N4O7. The van der Waals surface area contributed by atoms with Crippen LogP contribution >= 0.6 is 0 Å². The Morgan fingerprint density at radius 1 is 1.04 bits per heavy atom. The lowest BCUT2D eigenvalue weighted by molar-refractivity contribution is -0.139. The van der Waals surface area contributed by atoms with Gasteiger partial charge in [-0.15, -0.1) is 0 Å². The van der Waals surface area contributed by atoms with Crippen LogP contribution in [0.1, 0.15) is 24.4 Å². The molecular weight excluding hydrogens is 348 g/mol. The van der Waals surface area contributed by atoms with Crippen molar-refractivity contribution in [2.45, 2.75) is 19.9 Å². The number of carboxylic acids is 2. The van der Waals surface area contributed by atoms with E-state index in [-0.39, 0.29) is 35.0 Å². The first-order valence-corrected chi connectivity index (χ1v) is 7.33. The average molecular weight is 364 g/mol. The summed E-state index contributed by atoms with van der Waals surface area (Å²) in [6.07, 6.45) is 5.40. The molecule has 0 bridgehead atoms. The van der Waals surface area contributed by atoms with Crippen molar-refractivity contribution in [1.29, 1.82) is 0 Å². The fraction of sp³-hybridized carbons (Fsp3) is 0.267. The normalized spacial score (nSPS) is 11.7. The van der Waals surface area contributed by atoms with E-state index in [1.54, 1.807) is 13.8 Å². The Bertz CT molecular complexity index is 853. The molecule has 26 heavy (non-hydrogen) atoms. The molecule has 138 valence electrons. The van der Waals surface area contributed by atoms with Crippen molar-refractivity contribution in [3.8, 4) is 23.4 Å². The summed E-state index contributed by atoms with van der Waals surface area (Å²) in [5.74, 6) is -2.50. The van der Waals surface area contributed by atoms with Gasteiger partial charge in [-0.3, -0.25) is 4.79 Å². The topological polar surface area (TPSA) is 179 Å². The molecule has 3 aromatic rings. The summed E-state index contributed by atoms with van der Waals surface area (Å²) in [5, 5.41) is 17.2. The van der Waals surface area contributed by atoms with Crippen LogP contribution in [0.2, 0.25) is 0 Å². The Labute approximate surface area is 146 Å². The van der Waals surface area contributed by atoms with E-state index >= 15 is 0 Å². The minimum absolute atomic E-state index is 0.0132. The van der Waals surface area contributed by atoms with Crippen LogP contribution in [0.4, 0.5) is 0 Å². The summed E-state index contributed by atoms with van der Waals surface area (Å²) in [4.78, 5) is 32.7. The molecule has 0 saturated carbocycles. The lowest BCUT2D eigenvalue weighted by Gasteiger charge is -2.07. The third-order valence-corrected chi connectivity index (χ3v) is 3.07. The van der Waals surface area contributed by atoms with Gasteiger partial charge in [-0.05, 0) is 5.92 Å². The number of hydrogen-bond donors (Lipinski definition) is 3. The third kappa shape index (κ3) is 4.33. The van der Waals surface area contributed by atoms with Crippen molar-refractivity contribution in [3.05, 3.63) is 30.7 Å². The van der Waals surface area contributed by atoms with E-state index in [0.29, 0.717) is 0 Å². The van der Waals surface area contributed by atoms with Gasteiger partial charge >= 0.3 is 11.9 Å². The van der Waals surface area contributed by atoms with Crippen molar-refractivity contribution in [1.82, 2.24) is 15.0 Å². The number of rotatable bonds is 5. The monoisotopic (exact) mass is 364 g/mol. The maximum atomic E-state index is 11.0. The largest absolute Gasteiger partial charge is 0.480 e. The minimum atomic E-state index is -1.28. The number of carbonyl (C=O) groups is 2. The highest BCUT2D eigenvalue weighted by Gasteiger charge is 2.26. The highest BCUT2D eigenvalue weighted by molar-refractivity contribution is 5.91. The Balaban J connectivity index is 0.000000260. The average Bonchev–Trinajstić information content (AvgIpc) is 3.33. The minimum Gasteiger partial charge on any atom is -0.480 e. The van der Waals surface area contributed by atoms with E-state index in [1.165, 1.54) is 24.9 Å². The van der Waals surface area contributed by atoms with Crippen LogP contribution < -0.4 is 5.73 Å². The van der Waals surface area contributed by atoms with Gasteiger partial charge in [0.1, 0.15) is 18.6 Å². The molecule has 3 aromatic heterocycles. The molecule has 0 aromatic carbocycles. The second-order valence-corrected chi connectivity index (χ2v) is 5.28. The van der Waals surface area contributed by atoms with Crippen LogP contribution in [0.3, 0.4) is 0 Å². The Morgan fingerprint density at radius 3 is 2.00 bits per heavy atom. The molecule has 11 nitrogen and oxygen atoms in total. The number of aromatic carboxylic acids is 1. The van der Waals surface area contributed by atoms with Crippen LogP contribution in [0.5, 0.6) is 0 Å². The molecule has 3 rings (SSSR count). The van der Waals surface area contributed by atoms with E-state index in [9.17, 15) is 9.59 Å². The van der Waals surface area contributed by atoms with Crippen LogP contribution in [-0.4, -0.2) is 43.1 Å². The predicted octanol–water partition coefficient (Wildman–Crippen LogP) is 1.74. The zero-order chi connectivity index (χ0) is 19.3. The molecule has 1 atom stereocenters. The van der Waals surface area contributed by atoms with E-state index in [1.807, 2.05) is 0 Å². The van der Waals surface area contributed by atoms with Gasteiger partial charge < -0.3 is 29.2 Å². The maximum Gasteiger partial charge on any atom is 0.374 e. The van der Waals surface area contributed by atoms with Gasteiger partial charge in [0.15, 0.2) is 5.69 Å². The summed E-state index contributed by atoms with van der Waals surface area (Å²) in [5.41, 5.74) is 5.15. The lowest BCUT2D eigenvalue weighted by Crippen LogP contribution is -2.34. The smallest absolute Gasteiger partial charge is 0.374 e. The van der Waals surface area contributed by atoms with Crippen molar-refractivity contribution in [2.24, 2.45) is 11.7 Å². The quantitative estimate of drug-likeness (QED) is 0.600. The maximum absolute atomic E-state index is 11.0. The number of oxazole rings is 3. The van der Waals surface area contributed by atoms with Gasteiger partial charge in [-0.1, -0.05) is 13.8 Å². The molecule has 11 heteroatoms. The van der Waals surface area contributed by atoms with Gasteiger partial charge in [0.2, 0.25) is 11.7 Å². The van der Waals surface area contributed by atoms with Gasteiger partial charge in [0.25, 0.3) is 11.8 Å². The SMILES string of the molecule is CC(C)[C@H](N)C(=O)O.O=C(O)c1oc(-c2ncco2)nc1-c1ncco1. The molecule has 0 aliphatic carbocycles. The molecule has 0 saturated heterocycles. The summed E-state index contributed by atoms with van der Waals surface area (Å²) in [7, 11) is 0. The number of aromatic nitrogens is 3. The summed E-state index contributed by atoms with van der Waals surface area (Å²) >= 11 is 0. The van der Waals surface area contributed by atoms with Crippen molar-refractivity contribution in [2.75, 3.05) is 0 Å². The number of aliphatic carboxylic acids is 1. The highest BCUT2D eigenvalue weighted by atomic mass is 16.4. The Morgan fingerprint density at radius 2 is 1.62 bits per heavy atom. The van der Waals surface area contributed by atoms with Gasteiger partial charge in [0, 0.05) is 0 Å². The van der Waals surface area contributed by atoms with E-state index < -0.39 is 18.0 Å². The first kappa shape index (κ1) is 18.9. The van der Waals surface area contributed by atoms with Crippen LogP contribution in [-0.2, 0) is 4.79 Å². The number of nitrogens with two attached hydrogens (primary N) is 1. The lowest BCUT2D eigenvalue weighted by atomic mass is 10.1. The number of nitrogens with zero attached hydrogens (tertiary/aromatic N) is 3. The molecule has 3 heterocycles. The number of carboxylic acid groups (broad SMARTS) is 2. The number of hydrogen-bond acceptors (Lipinski definition) is 9. The van der Waals surface area contributed by atoms with Crippen molar-refractivity contribution >= 4 is 11.9 Å². The highest BCUT2D eigenvalue weighted by Crippen LogP contribution is 2.27. The molecule has 0 radical (unpaired) electrons. The van der Waals surface area contributed by atoms with Crippen LogP contribution in [0, 0.1) is 5.92 Å². The zero-order valence-electron chi connectivity index (χ0n) is 13.8. The van der Waals surface area contributed by atoms with E-state index in [4.69, 9.17) is 29.2 Å². The van der Waals surface area contributed by atoms with E-state index in [0.717, 1.165) is 0 Å². The van der Waals surface area contributed by atoms with Crippen molar-refractivity contribution < 1.29 is 33.1 Å². The second-order valence-electron chi connectivity index (χ2n) is 5.28. The molecule has 0 spiro atoms. The van der Waals surface area contributed by atoms with Crippen LogP contribution in [0.15, 0.2) is 38.2 Å². The van der Waals surface area contributed by atoms with Gasteiger partial charge in [0.05, 0.1) is 12.4 Å². The Kier molecular flexibility index (Phi) is 5.86. The molecule has 0 unspecified atom stereocenters. The summed E-state index contributed by atoms with van der Waals surface area (Å²) < 4.78 is 15.0. The first-order chi connectivity index (χ1) is 12.3. The van der Waals surface area contributed by atoms with Gasteiger partial charge in [-0.2, -0.15) is 4.98 Å².